The van der Waals surface area contributed by atoms with Crippen molar-refractivity contribution >= 4 is 26.8 Å². The zero-order chi connectivity index (χ0) is 22.3. The summed E-state index contributed by atoms with van der Waals surface area (Å²) < 4.78 is 19.2. The summed E-state index contributed by atoms with van der Waals surface area (Å²) in [5, 5.41) is 10.6. The monoisotopic (exact) mass is 481 g/mol. The van der Waals surface area contributed by atoms with Gasteiger partial charge >= 0.3 is 0 Å². The van der Waals surface area contributed by atoms with Crippen molar-refractivity contribution in [1.82, 2.24) is 4.57 Å². The van der Waals surface area contributed by atoms with Gasteiger partial charge in [-0.2, -0.15) is 5.26 Å². The number of nitriles is 1. The van der Waals surface area contributed by atoms with E-state index in [9.17, 15) is 10.1 Å². The number of para-hydroxylation sites is 1. The van der Waals surface area contributed by atoms with Gasteiger partial charge in [-0.25, -0.2) is 0 Å². The first-order valence-electron chi connectivity index (χ1n) is 9.62. The van der Waals surface area contributed by atoms with E-state index in [2.05, 4.69) is 22.0 Å². The zero-order valence-electron chi connectivity index (χ0n) is 17.2. The molecule has 1 aliphatic rings. The number of hydrogen-bond donors (Lipinski definition) is 1. The normalized spacial score (nSPS) is 15.3. The van der Waals surface area contributed by atoms with Crippen LogP contribution in [0, 0.1) is 11.3 Å². The van der Waals surface area contributed by atoms with E-state index in [-0.39, 0.29) is 17.0 Å². The number of rotatable bonds is 4. The minimum atomic E-state index is -0.724. The van der Waals surface area contributed by atoms with Gasteiger partial charge in [0.25, 0.3) is 5.56 Å². The zero-order valence-corrected chi connectivity index (χ0v) is 18.8. The SMILES string of the molecule is CCOc1c(Br)cc([C@H]2C(C#N)=C(N)Oc3c2c(=O)n(C)c2ccccc32)cc1OC. The Morgan fingerprint density at radius 1 is 1.32 bits per heavy atom. The molecule has 1 atom stereocenters. The van der Waals surface area contributed by atoms with E-state index in [1.807, 2.05) is 37.3 Å². The van der Waals surface area contributed by atoms with E-state index >= 15 is 0 Å². The van der Waals surface area contributed by atoms with Gasteiger partial charge in [0, 0.05) is 12.4 Å². The first-order chi connectivity index (χ1) is 14.9. The highest BCUT2D eigenvalue weighted by Gasteiger charge is 2.36. The van der Waals surface area contributed by atoms with E-state index < -0.39 is 5.92 Å². The van der Waals surface area contributed by atoms with Gasteiger partial charge in [0.1, 0.15) is 17.4 Å². The number of aromatic nitrogens is 1. The summed E-state index contributed by atoms with van der Waals surface area (Å²) in [5.74, 6) is 0.639. The molecule has 1 aromatic heterocycles. The van der Waals surface area contributed by atoms with E-state index in [0.29, 0.717) is 45.0 Å². The van der Waals surface area contributed by atoms with Crippen molar-refractivity contribution < 1.29 is 14.2 Å². The fraction of sp³-hybridized carbons (Fsp3) is 0.217. The van der Waals surface area contributed by atoms with Crippen LogP contribution < -0.4 is 25.5 Å². The van der Waals surface area contributed by atoms with Crippen LogP contribution in [-0.4, -0.2) is 18.3 Å². The third-order valence-electron chi connectivity index (χ3n) is 5.34. The van der Waals surface area contributed by atoms with Crippen LogP contribution in [0.3, 0.4) is 0 Å². The number of pyridine rings is 1. The highest BCUT2D eigenvalue weighted by molar-refractivity contribution is 9.10. The van der Waals surface area contributed by atoms with Gasteiger partial charge in [-0.3, -0.25) is 4.79 Å². The molecule has 0 radical (unpaired) electrons. The third-order valence-corrected chi connectivity index (χ3v) is 5.93. The van der Waals surface area contributed by atoms with Crippen LogP contribution in [0.4, 0.5) is 0 Å². The maximum atomic E-state index is 13.4. The fourth-order valence-electron chi connectivity index (χ4n) is 3.95. The number of fused-ring (bicyclic) bond motifs is 3. The van der Waals surface area contributed by atoms with Gasteiger partial charge in [-0.15, -0.1) is 0 Å². The molecule has 0 spiro atoms. The molecule has 0 saturated carbocycles. The summed E-state index contributed by atoms with van der Waals surface area (Å²) in [6.45, 7) is 2.33. The number of methoxy groups -OCH3 is 1. The van der Waals surface area contributed by atoms with Gasteiger partial charge in [0.15, 0.2) is 11.5 Å². The van der Waals surface area contributed by atoms with E-state index in [1.165, 1.54) is 7.11 Å². The number of ether oxygens (including phenoxy) is 3. The molecule has 1 aliphatic heterocycles. The van der Waals surface area contributed by atoms with Gasteiger partial charge in [-0.1, -0.05) is 12.1 Å². The minimum Gasteiger partial charge on any atom is -0.493 e. The Hall–Kier alpha value is -3.44. The maximum Gasteiger partial charge on any atom is 0.258 e. The molecule has 2 N–H and O–H groups in total. The van der Waals surface area contributed by atoms with Gasteiger partial charge in [0.2, 0.25) is 5.88 Å². The highest BCUT2D eigenvalue weighted by atomic mass is 79.9. The molecule has 0 fully saturated rings. The van der Waals surface area contributed by atoms with Crippen molar-refractivity contribution in [1.29, 1.82) is 5.26 Å². The van der Waals surface area contributed by atoms with Gasteiger partial charge < -0.3 is 24.5 Å². The predicted molar refractivity (Wildman–Crippen MR) is 120 cm³/mol. The number of aryl methyl sites for hydroxylation is 1. The predicted octanol–water partition coefficient (Wildman–Crippen LogP) is 3.93. The van der Waals surface area contributed by atoms with Crippen LogP contribution in [0.15, 0.2) is 57.1 Å². The standard InChI is InChI=1S/C23H20BrN3O4/c1-4-30-21-15(24)9-12(10-17(21)29-3)18-14(11-25)22(26)31-20-13-7-5-6-8-16(13)27(2)23(28)19(18)20/h5-10,18H,4,26H2,1-3H3/t18-/m0/s1. The lowest BCUT2D eigenvalue weighted by atomic mass is 9.83. The molecule has 0 unspecified atom stereocenters. The van der Waals surface area contributed by atoms with E-state index in [0.717, 1.165) is 5.39 Å². The fourth-order valence-corrected chi connectivity index (χ4v) is 4.52. The summed E-state index contributed by atoms with van der Waals surface area (Å²) in [5.41, 5.74) is 7.78. The highest BCUT2D eigenvalue weighted by Crippen LogP contribution is 2.46. The largest absolute Gasteiger partial charge is 0.493 e. The number of nitrogens with zero attached hydrogens (tertiary/aromatic N) is 2. The molecule has 2 aromatic carbocycles. The topological polar surface area (TPSA) is 99.5 Å². The number of hydrogen-bond acceptors (Lipinski definition) is 6. The molecule has 4 rings (SSSR count). The van der Waals surface area contributed by atoms with Crippen molar-refractivity contribution in [2.75, 3.05) is 13.7 Å². The van der Waals surface area contributed by atoms with Crippen molar-refractivity contribution in [2.45, 2.75) is 12.8 Å². The number of benzene rings is 2. The van der Waals surface area contributed by atoms with Crippen molar-refractivity contribution in [3.8, 4) is 23.3 Å². The van der Waals surface area contributed by atoms with Crippen molar-refractivity contribution in [2.24, 2.45) is 12.8 Å². The summed E-state index contributed by atoms with van der Waals surface area (Å²) in [6.07, 6.45) is 0. The average Bonchev–Trinajstić information content (AvgIpc) is 2.77. The molecule has 0 amide bonds. The molecule has 31 heavy (non-hydrogen) atoms. The number of nitrogens with two attached hydrogens (primary N) is 1. The third kappa shape index (κ3) is 3.22. The lowest BCUT2D eigenvalue weighted by Gasteiger charge is -2.28. The number of allylic oxidation sites excluding steroid dienone is 1. The second-order valence-electron chi connectivity index (χ2n) is 7.02. The summed E-state index contributed by atoms with van der Waals surface area (Å²) >= 11 is 3.53. The molecule has 8 heteroatoms. The van der Waals surface area contributed by atoms with Crippen LogP contribution in [-0.2, 0) is 7.05 Å². The lowest BCUT2D eigenvalue weighted by molar-refractivity contribution is 0.308. The Bertz CT molecular complexity index is 1340. The lowest BCUT2D eigenvalue weighted by Crippen LogP contribution is -2.31. The minimum absolute atomic E-state index is 0.0256. The summed E-state index contributed by atoms with van der Waals surface area (Å²) in [7, 11) is 3.23. The Kier molecular flexibility index (Phi) is 5.38. The van der Waals surface area contributed by atoms with Gasteiger partial charge in [-0.05, 0) is 52.7 Å². The van der Waals surface area contributed by atoms with Crippen LogP contribution in [0.25, 0.3) is 10.9 Å². The molecular formula is C23H20BrN3O4. The molecule has 0 aliphatic carbocycles. The van der Waals surface area contributed by atoms with Crippen LogP contribution in [0.1, 0.15) is 24.0 Å². The van der Waals surface area contributed by atoms with Crippen molar-refractivity contribution in [3.63, 3.8) is 0 Å². The van der Waals surface area contributed by atoms with Crippen LogP contribution in [0.5, 0.6) is 17.2 Å². The molecule has 2 heterocycles. The molecule has 158 valence electrons. The van der Waals surface area contributed by atoms with E-state index in [1.54, 1.807) is 17.7 Å². The Morgan fingerprint density at radius 3 is 2.74 bits per heavy atom. The number of halogens is 1. The first kappa shape index (κ1) is 20.8. The molecule has 0 bridgehead atoms. The molecule has 7 nitrogen and oxygen atoms in total. The average molecular weight is 482 g/mol. The molecule has 0 saturated heterocycles. The van der Waals surface area contributed by atoms with Crippen LogP contribution in [0.2, 0.25) is 0 Å². The Balaban J connectivity index is 2.07. The maximum absolute atomic E-state index is 13.4. The quantitative estimate of drug-likeness (QED) is 0.605. The summed E-state index contributed by atoms with van der Waals surface area (Å²) in [4.78, 5) is 13.4. The molecular weight excluding hydrogens is 462 g/mol. The van der Waals surface area contributed by atoms with E-state index in [4.69, 9.17) is 19.9 Å². The van der Waals surface area contributed by atoms with Gasteiger partial charge in [0.05, 0.1) is 35.2 Å². The summed E-state index contributed by atoms with van der Waals surface area (Å²) in [6, 6.07) is 13.1. The Labute approximate surface area is 187 Å². The van der Waals surface area contributed by atoms with Crippen LogP contribution >= 0.6 is 15.9 Å². The smallest absolute Gasteiger partial charge is 0.258 e. The van der Waals surface area contributed by atoms with Crippen molar-refractivity contribution in [3.05, 3.63) is 73.8 Å². The second-order valence-corrected chi connectivity index (χ2v) is 7.87. The first-order valence-corrected chi connectivity index (χ1v) is 10.4. The second kappa shape index (κ2) is 8.00. The molecule has 3 aromatic rings. The Morgan fingerprint density at radius 2 is 2.06 bits per heavy atom.